The normalized spacial score (nSPS) is 24.0. The van der Waals surface area contributed by atoms with E-state index in [1.165, 1.54) is 0 Å². The molecule has 1 unspecified atom stereocenters. The van der Waals surface area contributed by atoms with Crippen molar-refractivity contribution in [2.75, 3.05) is 17.8 Å². The number of aromatic nitrogens is 3. The molecule has 2 aromatic heterocycles. The van der Waals surface area contributed by atoms with Crippen molar-refractivity contribution in [3.05, 3.63) is 65.9 Å². The number of carbonyl (C=O) groups excluding carboxylic acids is 1. The number of likely N-dealkylation sites (tertiary alicyclic amines) is 1. The van der Waals surface area contributed by atoms with Crippen LogP contribution < -0.4 is 15.2 Å². The standard InChI is InChI=1S/C24H25N7O4S/c1-15-26-9-11-31(15)20-12-16(6-8-27-20)23(32)30-10-3-7-24(14-30)13-19(24)35-18-5-2-4-17-21(18)22(25)29-36(33,34)28-17/h2,4-6,8-9,11-12,19,28H,3,7,10,13-14H2,1H3,(H2,25,29)/t19-,24?/m1/s1. The number of nitrogens with zero attached hydrogens (tertiary/aromatic N) is 5. The van der Waals surface area contributed by atoms with E-state index in [0.29, 0.717) is 41.5 Å². The van der Waals surface area contributed by atoms with E-state index in [2.05, 4.69) is 19.1 Å². The van der Waals surface area contributed by atoms with Crippen molar-refractivity contribution in [2.24, 2.45) is 15.5 Å². The molecule has 2 fully saturated rings. The molecule has 2 atom stereocenters. The average molecular weight is 508 g/mol. The number of aryl methyl sites for hydroxylation is 1. The number of hydrogen-bond donors (Lipinski definition) is 2. The number of piperidine rings is 1. The molecule has 6 rings (SSSR count). The fourth-order valence-electron chi connectivity index (χ4n) is 5.19. The van der Waals surface area contributed by atoms with Crippen LogP contribution in [0.3, 0.4) is 0 Å². The Hall–Kier alpha value is -3.93. The third kappa shape index (κ3) is 3.87. The van der Waals surface area contributed by atoms with Crippen LogP contribution in [0.15, 0.2) is 53.3 Å². The largest absolute Gasteiger partial charge is 0.489 e. The summed E-state index contributed by atoms with van der Waals surface area (Å²) in [7, 11) is -3.86. The molecule has 2 aliphatic heterocycles. The molecule has 1 aromatic carbocycles. The summed E-state index contributed by atoms with van der Waals surface area (Å²) < 4.78 is 37.8. The van der Waals surface area contributed by atoms with Gasteiger partial charge in [0.05, 0.1) is 11.3 Å². The van der Waals surface area contributed by atoms with Crippen LogP contribution in [-0.4, -0.2) is 58.8 Å². The number of rotatable bonds is 4. The summed E-state index contributed by atoms with van der Waals surface area (Å²) in [6.45, 7) is 3.15. The number of anilines is 1. The van der Waals surface area contributed by atoms with E-state index in [9.17, 15) is 13.2 Å². The summed E-state index contributed by atoms with van der Waals surface area (Å²) in [5.74, 6) is 1.79. The van der Waals surface area contributed by atoms with Crippen molar-refractivity contribution < 1.29 is 17.9 Å². The number of carbonyl (C=O) groups is 1. The van der Waals surface area contributed by atoms with E-state index in [0.717, 1.165) is 25.1 Å². The van der Waals surface area contributed by atoms with Crippen molar-refractivity contribution in [2.45, 2.75) is 32.3 Å². The fourth-order valence-corrected chi connectivity index (χ4v) is 6.04. The minimum atomic E-state index is -3.86. The molecule has 12 heteroatoms. The highest BCUT2D eigenvalue weighted by Gasteiger charge is 2.58. The Morgan fingerprint density at radius 1 is 1.25 bits per heavy atom. The van der Waals surface area contributed by atoms with E-state index in [-0.39, 0.29) is 23.3 Å². The molecule has 1 saturated carbocycles. The van der Waals surface area contributed by atoms with E-state index in [4.69, 9.17) is 10.5 Å². The highest BCUT2D eigenvalue weighted by Crippen LogP contribution is 2.55. The molecular formula is C24H25N7O4S. The van der Waals surface area contributed by atoms with E-state index in [1.807, 2.05) is 22.6 Å². The van der Waals surface area contributed by atoms with Gasteiger partial charge in [0.15, 0.2) is 5.84 Å². The lowest BCUT2D eigenvalue weighted by atomic mass is 9.94. The maximum atomic E-state index is 13.4. The Balaban J connectivity index is 1.19. The number of ether oxygens (including phenoxy) is 1. The van der Waals surface area contributed by atoms with E-state index >= 15 is 0 Å². The molecular weight excluding hydrogens is 482 g/mol. The van der Waals surface area contributed by atoms with Crippen LogP contribution in [-0.2, 0) is 10.2 Å². The van der Waals surface area contributed by atoms with Gasteiger partial charge in [0.1, 0.15) is 23.5 Å². The van der Waals surface area contributed by atoms with Gasteiger partial charge in [-0.15, -0.1) is 4.40 Å². The maximum Gasteiger partial charge on any atom is 0.344 e. The van der Waals surface area contributed by atoms with Crippen LogP contribution in [0.4, 0.5) is 5.69 Å². The first kappa shape index (κ1) is 22.5. The van der Waals surface area contributed by atoms with Gasteiger partial charge in [-0.25, -0.2) is 9.97 Å². The van der Waals surface area contributed by atoms with Gasteiger partial charge in [-0.2, -0.15) is 8.42 Å². The first-order valence-corrected chi connectivity index (χ1v) is 13.1. The van der Waals surface area contributed by atoms with Crippen molar-refractivity contribution in [1.82, 2.24) is 19.4 Å². The molecule has 3 aliphatic rings. The first-order valence-electron chi connectivity index (χ1n) is 11.7. The molecule has 186 valence electrons. The Bertz CT molecular complexity index is 1520. The Labute approximate surface area is 208 Å². The lowest BCUT2D eigenvalue weighted by molar-refractivity contribution is 0.0613. The van der Waals surface area contributed by atoms with Gasteiger partial charge >= 0.3 is 10.2 Å². The summed E-state index contributed by atoms with van der Waals surface area (Å²) in [6.07, 6.45) is 7.68. The van der Waals surface area contributed by atoms with Crippen LogP contribution in [0.1, 0.15) is 41.0 Å². The van der Waals surface area contributed by atoms with Crippen LogP contribution in [0, 0.1) is 12.3 Å². The highest BCUT2D eigenvalue weighted by molar-refractivity contribution is 7.91. The van der Waals surface area contributed by atoms with Crippen molar-refractivity contribution in [3.63, 3.8) is 0 Å². The number of pyridine rings is 1. The zero-order valence-electron chi connectivity index (χ0n) is 19.6. The molecule has 1 amide bonds. The van der Waals surface area contributed by atoms with Gasteiger partial charge in [0, 0.05) is 42.7 Å². The number of benzene rings is 1. The third-order valence-electron chi connectivity index (χ3n) is 7.08. The van der Waals surface area contributed by atoms with Gasteiger partial charge in [0.25, 0.3) is 5.91 Å². The second kappa shape index (κ2) is 8.05. The number of hydrogen-bond acceptors (Lipinski definition) is 7. The molecule has 3 N–H and O–H groups in total. The third-order valence-corrected chi connectivity index (χ3v) is 8.00. The van der Waals surface area contributed by atoms with Gasteiger partial charge < -0.3 is 15.4 Å². The molecule has 11 nitrogen and oxygen atoms in total. The van der Waals surface area contributed by atoms with Gasteiger partial charge in [0.2, 0.25) is 0 Å². The first-order chi connectivity index (χ1) is 17.2. The topological polar surface area (TPSA) is 145 Å². The average Bonchev–Trinajstić information content (AvgIpc) is 3.27. The van der Waals surface area contributed by atoms with Crippen molar-refractivity contribution in [3.8, 4) is 11.6 Å². The number of imidazole rings is 1. The Kier molecular flexibility index (Phi) is 5.04. The lowest BCUT2D eigenvalue weighted by Gasteiger charge is -2.33. The fraction of sp³-hybridized carbons (Fsp3) is 0.333. The number of nitrogens with two attached hydrogens (primary N) is 1. The molecule has 36 heavy (non-hydrogen) atoms. The Morgan fingerprint density at radius 2 is 2.11 bits per heavy atom. The van der Waals surface area contributed by atoms with E-state index < -0.39 is 10.2 Å². The van der Waals surface area contributed by atoms with Crippen LogP contribution >= 0.6 is 0 Å². The number of nitrogens with one attached hydrogen (secondary N) is 1. The molecule has 1 spiro atoms. The maximum absolute atomic E-state index is 13.4. The van der Waals surface area contributed by atoms with E-state index in [1.54, 1.807) is 42.7 Å². The second-order valence-corrected chi connectivity index (χ2v) is 10.8. The minimum Gasteiger partial charge on any atom is -0.489 e. The second-order valence-electron chi connectivity index (χ2n) is 9.48. The van der Waals surface area contributed by atoms with Gasteiger partial charge in [-0.05, 0) is 50.5 Å². The monoisotopic (exact) mass is 507 g/mol. The quantitative estimate of drug-likeness (QED) is 0.550. The predicted molar refractivity (Wildman–Crippen MR) is 132 cm³/mol. The zero-order valence-corrected chi connectivity index (χ0v) is 20.4. The summed E-state index contributed by atoms with van der Waals surface area (Å²) in [5.41, 5.74) is 7.18. The number of amidine groups is 1. The predicted octanol–water partition coefficient (Wildman–Crippen LogP) is 2.03. The molecule has 1 aliphatic carbocycles. The molecule has 1 saturated heterocycles. The summed E-state index contributed by atoms with van der Waals surface area (Å²) in [5, 5.41) is 0. The summed E-state index contributed by atoms with van der Waals surface area (Å²) in [6, 6.07) is 8.62. The van der Waals surface area contributed by atoms with Crippen LogP contribution in [0.25, 0.3) is 5.82 Å². The minimum absolute atomic E-state index is 0.0379. The highest BCUT2D eigenvalue weighted by atomic mass is 32.2. The summed E-state index contributed by atoms with van der Waals surface area (Å²) >= 11 is 0. The zero-order chi connectivity index (χ0) is 25.1. The molecule has 3 aromatic rings. The van der Waals surface area contributed by atoms with Crippen molar-refractivity contribution >= 4 is 27.6 Å². The van der Waals surface area contributed by atoms with Gasteiger partial charge in [-0.3, -0.25) is 14.1 Å². The van der Waals surface area contributed by atoms with Crippen molar-refractivity contribution in [1.29, 1.82) is 0 Å². The number of fused-ring (bicyclic) bond motifs is 1. The Morgan fingerprint density at radius 3 is 2.92 bits per heavy atom. The molecule has 0 bridgehead atoms. The van der Waals surface area contributed by atoms with Gasteiger partial charge in [-0.1, -0.05) is 6.07 Å². The smallest absolute Gasteiger partial charge is 0.344 e. The molecule has 4 heterocycles. The molecule has 0 radical (unpaired) electrons. The SMILES string of the molecule is Cc1nccn1-c1cc(C(=O)N2CCCC3(C[C@H]3Oc3cccc4c3C(N)=NS(=O)(=O)N4)C2)ccn1. The van der Waals surface area contributed by atoms with Crippen LogP contribution in [0.2, 0.25) is 0 Å². The number of amides is 1. The summed E-state index contributed by atoms with van der Waals surface area (Å²) in [4.78, 5) is 23.9. The van der Waals surface area contributed by atoms with Crippen LogP contribution in [0.5, 0.6) is 5.75 Å². The lowest BCUT2D eigenvalue weighted by Crippen LogP contribution is -2.42.